The molecule has 27 heavy (non-hydrogen) atoms. The first-order valence-corrected chi connectivity index (χ1v) is 8.67. The van der Waals surface area contributed by atoms with Crippen LogP contribution in [-0.2, 0) is 0 Å². The minimum absolute atomic E-state index is 0.349. The Hall–Kier alpha value is -3.07. The Labute approximate surface area is 155 Å². The molecular formula is C18H12F3N3O2S. The zero-order valence-electron chi connectivity index (χ0n) is 13.9. The molecule has 0 saturated heterocycles. The lowest BCUT2D eigenvalue weighted by molar-refractivity contribution is -0.274. The van der Waals surface area contributed by atoms with Crippen LogP contribution in [-0.4, -0.2) is 21.7 Å². The third kappa shape index (κ3) is 3.33. The molecule has 0 aliphatic heterocycles. The van der Waals surface area contributed by atoms with E-state index >= 15 is 0 Å². The molecule has 0 aliphatic carbocycles. The van der Waals surface area contributed by atoms with Crippen molar-refractivity contribution in [1.82, 2.24) is 9.38 Å². The SMILES string of the molecule is Cc1c(C(=O)Nc2ccc(OC(F)(F)F)cc2)sc2nc3ccccc3n12. The van der Waals surface area contributed by atoms with Crippen LogP contribution in [0.1, 0.15) is 15.4 Å². The Balaban J connectivity index is 1.59. The lowest BCUT2D eigenvalue weighted by Gasteiger charge is -2.09. The molecule has 0 radical (unpaired) electrons. The summed E-state index contributed by atoms with van der Waals surface area (Å²) in [5.41, 5.74) is 2.87. The predicted molar refractivity (Wildman–Crippen MR) is 96.4 cm³/mol. The van der Waals surface area contributed by atoms with Crippen molar-refractivity contribution in [3.63, 3.8) is 0 Å². The minimum atomic E-state index is -4.75. The number of aryl methyl sites for hydroxylation is 1. The molecule has 0 aliphatic rings. The molecule has 0 bridgehead atoms. The summed E-state index contributed by atoms with van der Waals surface area (Å²) in [5.74, 6) is -0.700. The third-order valence-corrected chi connectivity index (χ3v) is 5.08. The number of aromatic nitrogens is 2. The number of rotatable bonds is 3. The Morgan fingerprint density at radius 2 is 1.85 bits per heavy atom. The highest BCUT2D eigenvalue weighted by molar-refractivity contribution is 7.19. The van der Waals surface area contributed by atoms with Crippen LogP contribution >= 0.6 is 11.3 Å². The van der Waals surface area contributed by atoms with Crippen LogP contribution in [0.3, 0.4) is 0 Å². The smallest absolute Gasteiger partial charge is 0.406 e. The van der Waals surface area contributed by atoms with E-state index in [0.717, 1.165) is 28.9 Å². The number of thiazole rings is 1. The van der Waals surface area contributed by atoms with Crippen molar-refractivity contribution < 1.29 is 22.7 Å². The van der Waals surface area contributed by atoms with Gasteiger partial charge in [-0.1, -0.05) is 23.5 Å². The van der Waals surface area contributed by atoms with E-state index in [2.05, 4.69) is 15.0 Å². The number of benzene rings is 2. The standard InChI is InChI=1S/C18H12F3N3O2S/c1-10-15(27-17-23-13-4-2-3-5-14(13)24(10)17)16(25)22-11-6-8-12(9-7-11)26-18(19,20)21/h2-9H,1H3,(H,22,25). The molecule has 4 rings (SSSR count). The topological polar surface area (TPSA) is 55.6 Å². The van der Waals surface area contributed by atoms with Gasteiger partial charge < -0.3 is 10.1 Å². The van der Waals surface area contributed by atoms with Gasteiger partial charge in [-0.3, -0.25) is 9.20 Å². The van der Waals surface area contributed by atoms with Gasteiger partial charge in [0.15, 0.2) is 4.96 Å². The summed E-state index contributed by atoms with van der Waals surface area (Å²) in [5, 5.41) is 2.68. The van der Waals surface area contributed by atoms with Crippen molar-refractivity contribution in [1.29, 1.82) is 0 Å². The lowest BCUT2D eigenvalue weighted by atomic mass is 10.3. The number of amides is 1. The summed E-state index contributed by atoms with van der Waals surface area (Å²) in [6, 6.07) is 12.6. The number of nitrogens with one attached hydrogen (secondary N) is 1. The van der Waals surface area contributed by atoms with Gasteiger partial charge in [0, 0.05) is 11.4 Å². The number of fused-ring (bicyclic) bond motifs is 3. The van der Waals surface area contributed by atoms with Gasteiger partial charge in [0.1, 0.15) is 10.6 Å². The molecule has 0 unspecified atom stereocenters. The van der Waals surface area contributed by atoms with Crippen LogP contribution in [0.2, 0.25) is 0 Å². The quantitative estimate of drug-likeness (QED) is 0.534. The number of hydrogen-bond donors (Lipinski definition) is 1. The molecule has 4 aromatic rings. The minimum Gasteiger partial charge on any atom is -0.406 e. The Morgan fingerprint density at radius 1 is 1.15 bits per heavy atom. The van der Waals surface area contributed by atoms with Gasteiger partial charge in [0.2, 0.25) is 0 Å². The summed E-state index contributed by atoms with van der Waals surface area (Å²) in [4.78, 5) is 18.3. The van der Waals surface area contributed by atoms with Gasteiger partial charge in [-0.05, 0) is 43.3 Å². The van der Waals surface area contributed by atoms with E-state index in [1.165, 1.54) is 23.5 Å². The molecule has 2 aromatic carbocycles. The first kappa shape index (κ1) is 17.3. The van der Waals surface area contributed by atoms with E-state index in [1.807, 2.05) is 35.6 Å². The second-order valence-electron chi connectivity index (χ2n) is 5.76. The summed E-state index contributed by atoms with van der Waals surface area (Å²) >= 11 is 1.25. The van der Waals surface area contributed by atoms with Crippen LogP contribution in [0.4, 0.5) is 18.9 Å². The number of alkyl halides is 3. The zero-order valence-corrected chi connectivity index (χ0v) is 14.7. The van der Waals surface area contributed by atoms with E-state index < -0.39 is 6.36 Å². The molecule has 0 atom stereocenters. The largest absolute Gasteiger partial charge is 0.573 e. The Morgan fingerprint density at radius 3 is 2.56 bits per heavy atom. The van der Waals surface area contributed by atoms with E-state index in [9.17, 15) is 18.0 Å². The predicted octanol–water partition coefficient (Wildman–Crippen LogP) is 5.01. The molecule has 0 saturated carbocycles. The van der Waals surface area contributed by atoms with Crippen LogP contribution in [0.5, 0.6) is 5.75 Å². The van der Waals surface area contributed by atoms with Crippen molar-refractivity contribution in [3.8, 4) is 5.75 Å². The van der Waals surface area contributed by atoms with E-state index in [1.54, 1.807) is 0 Å². The van der Waals surface area contributed by atoms with E-state index in [4.69, 9.17) is 0 Å². The summed E-state index contributed by atoms with van der Waals surface area (Å²) in [7, 11) is 0. The number of para-hydroxylation sites is 2. The van der Waals surface area contributed by atoms with Crippen LogP contribution in [0.25, 0.3) is 16.0 Å². The molecule has 2 aromatic heterocycles. The van der Waals surface area contributed by atoms with Crippen LogP contribution in [0, 0.1) is 6.92 Å². The number of hydrogen-bond acceptors (Lipinski definition) is 4. The average molecular weight is 391 g/mol. The van der Waals surface area contributed by atoms with Gasteiger partial charge >= 0.3 is 6.36 Å². The monoisotopic (exact) mass is 391 g/mol. The fourth-order valence-corrected chi connectivity index (χ4v) is 3.84. The summed E-state index contributed by atoms with van der Waals surface area (Å²) in [6.45, 7) is 1.83. The van der Waals surface area contributed by atoms with Gasteiger partial charge in [-0.2, -0.15) is 0 Å². The van der Waals surface area contributed by atoms with Crippen molar-refractivity contribution in [2.75, 3.05) is 5.32 Å². The highest BCUT2D eigenvalue weighted by atomic mass is 32.1. The summed E-state index contributed by atoms with van der Waals surface area (Å²) in [6.07, 6.45) is -4.75. The maximum absolute atomic E-state index is 12.6. The Kier molecular flexibility index (Phi) is 4.03. The van der Waals surface area contributed by atoms with Crippen LogP contribution in [0.15, 0.2) is 48.5 Å². The molecule has 1 N–H and O–H groups in total. The van der Waals surface area contributed by atoms with Gasteiger partial charge in [0.25, 0.3) is 5.91 Å². The zero-order chi connectivity index (χ0) is 19.2. The summed E-state index contributed by atoms with van der Waals surface area (Å²) < 4.78 is 42.3. The van der Waals surface area contributed by atoms with E-state index in [0.29, 0.717) is 15.5 Å². The number of halogens is 3. The average Bonchev–Trinajstić information content (AvgIpc) is 3.12. The molecular weight excluding hydrogens is 379 g/mol. The number of carbonyl (C=O) groups excluding carboxylic acids is 1. The van der Waals surface area contributed by atoms with E-state index in [-0.39, 0.29) is 11.7 Å². The molecule has 0 fully saturated rings. The normalized spacial score (nSPS) is 11.9. The lowest BCUT2D eigenvalue weighted by Crippen LogP contribution is -2.17. The number of imidazole rings is 1. The third-order valence-electron chi connectivity index (χ3n) is 3.94. The first-order valence-electron chi connectivity index (χ1n) is 7.85. The van der Waals surface area contributed by atoms with Gasteiger partial charge in [-0.15, -0.1) is 13.2 Å². The highest BCUT2D eigenvalue weighted by Crippen LogP contribution is 2.29. The fraction of sp³-hybridized carbons (Fsp3) is 0.111. The number of anilines is 1. The molecule has 9 heteroatoms. The molecule has 2 heterocycles. The Bertz CT molecular complexity index is 1150. The number of carbonyl (C=O) groups is 1. The maximum atomic E-state index is 12.6. The van der Waals surface area contributed by atoms with Crippen molar-refractivity contribution in [3.05, 3.63) is 59.1 Å². The van der Waals surface area contributed by atoms with Gasteiger partial charge in [-0.25, -0.2) is 4.98 Å². The number of ether oxygens (including phenoxy) is 1. The first-order chi connectivity index (χ1) is 12.8. The number of nitrogens with zero attached hydrogens (tertiary/aromatic N) is 2. The molecule has 0 spiro atoms. The van der Waals surface area contributed by atoms with Gasteiger partial charge in [0.05, 0.1) is 11.0 Å². The van der Waals surface area contributed by atoms with Crippen molar-refractivity contribution >= 4 is 38.9 Å². The second kappa shape index (κ2) is 6.27. The van der Waals surface area contributed by atoms with Crippen molar-refractivity contribution in [2.24, 2.45) is 0 Å². The fourth-order valence-electron chi connectivity index (χ4n) is 2.80. The second-order valence-corrected chi connectivity index (χ2v) is 6.74. The molecule has 5 nitrogen and oxygen atoms in total. The molecule has 1 amide bonds. The van der Waals surface area contributed by atoms with Crippen molar-refractivity contribution in [2.45, 2.75) is 13.3 Å². The molecule has 138 valence electrons. The van der Waals surface area contributed by atoms with Crippen LogP contribution < -0.4 is 10.1 Å². The highest BCUT2D eigenvalue weighted by Gasteiger charge is 2.31. The maximum Gasteiger partial charge on any atom is 0.573 e.